The Morgan fingerprint density at radius 3 is 2.19 bits per heavy atom. The quantitative estimate of drug-likeness (QED) is 0.456. The van der Waals surface area contributed by atoms with E-state index in [0.29, 0.717) is 11.8 Å². The molecule has 36 heavy (non-hydrogen) atoms. The van der Waals surface area contributed by atoms with Crippen LogP contribution in [0.5, 0.6) is 0 Å². The number of amides is 3. The molecule has 2 aliphatic carbocycles. The predicted octanol–water partition coefficient (Wildman–Crippen LogP) is 4.69. The van der Waals surface area contributed by atoms with Crippen molar-refractivity contribution in [3.05, 3.63) is 58.6 Å². The van der Waals surface area contributed by atoms with E-state index in [1.54, 1.807) is 0 Å². The van der Waals surface area contributed by atoms with Crippen molar-refractivity contribution in [3.63, 3.8) is 0 Å². The second-order valence-electron chi connectivity index (χ2n) is 9.26. The van der Waals surface area contributed by atoms with Crippen molar-refractivity contribution >= 4 is 46.7 Å². The predicted molar refractivity (Wildman–Crippen MR) is 122 cm³/mol. The van der Waals surface area contributed by atoms with Crippen molar-refractivity contribution in [1.82, 2.24) is 0 Å². The number of halogens is 4. The molecule has 5 rings (SSSR count). The summed E-state index contributed by atoms with van der Waals surface area (Å²) in [6.45, 7) is -0.762. The fraction of sp³-hybridized carbons (Fsp3) is 0.360. The van der Waals surface area contributed by atoms with Crippen molar-refractivity contribution in [3.8, 4) is 0 Å². The first-order valence-corrected chi connectivity index (χ1v) is 11.7. The Morgan fingerprint density at radius 2 is 1.61 bits per heavy atom. The highest BCUT2D eigenvalue weighted by atomic mass is 35.5. The van der Waals surface area contributed by atoms with E-state index in [9.17, 15) is 32.3 Å². The lowest BCUT2D eigenvalue weighted by Gasteiger charge is -2.19. The number of nitrogens with zero attached hydrogens (tertiary/aromatic N) is 1. The van der Waals surface area contributed by atoms with Crippen LogP contribution in [-0.2, 0) is 25.3 Å². The molecule has 2 aromatic rings. The largest absolute Gasteiger partial charge is 0.452 e. The van der Waals surface area contributed by atoms with Crippen molar-refractivity contribution < 1.29 is 37.1 Å². The van der Waals surface area contributed by atoms with E-state index < -0.39 is 30.2 Å². The fourth-order valence-electron chi connectivity index (χ4n) is 5.61. The number of fused-ring (bicyclic) bond motifs is 5. The molecule has 0 spiro atoms. The van der Waals surface area contributed by atoms with E-state index >= 15 is 0 Å². The Kier molecular flexibility index (Phi) is 6.02. The molecular formula is C25H20ClF3N2O5. The lowest BCUT2D eigenvalue weighted by Crippen LogP contribution is -2.32. The first kappa shape index (κ1) is 24.3. The number of hydrogen-bond acceptors (Lipinski definition) is 5. The second kappa shape index (κ2) is 8.92. The maximum Gasteiger partial charge on any atom is 0.416 e. The van der Waals surface area contributed by atoms with Gasteiger partial charge < -0.3 is 10.1 Å². The number of anilines is 2. The van der Waals surface area contributed by atoms with Crippen LogP contribution >= 0.6 is 11.6 Å². The SMILES string of the molecule is O=C(COC(=O)c1ccc(N2C(=O)[C@@H]3[C@H]4CC[C@@H](C4)[C@@H]3C2=O)cc1)Nc1cc(C(F)(F)F)ccc1Cl. The average molecular weight is 521 g/mol. The number of ether oxygens (including phenoxy) is 1. The Balaban J connectivity index is 1.20. The number of esters is 1. The number of alkyl halides is 3. The van der Waals surface area contributed by atoms with Gasteiger partial charge in [-0.1, -0.05) is 11.6 Å². The van der Waals surface area contributed by atoms with E-state index in [1.165, 1.54) is 29.2 Å². The Labute approximate surface area is 208 Å². The summed E-state index contributed by atoms with van der Waals surface area (Å²) in [7, 11) is 0. The van der Waals surface area contributed by atoms with Crippen molar-refractivity contribution in [2.45, 2.75) is 25.4 Å². The first-order chi connectivity index (χ1) is 17.0. The molecule has 2 bridgehead atoms. The summed E-state index contributed by atoms with van der Waals surface area (Å²) < 4.78 is 43.6. The van der Waals surface area contributed by atoms with Gasteiger partial charge in [0, 0.05) is 0 Å². The third-order valence-corrected chi connectivity index (χ3v) is 7.52. The summed E-state index contributed by atoms with van der Waals surface area (Å²) in [6, 6.07) is 8.16. The molecule has 1 N–H and O–H groups in total. The molecule has 1 saturated heterocycles. The Morgan fingerprint density at radius 1 is 1.00 bits per heavy atom. The minimum absolute atomic E-state index is 0.0722. The van der Waals surface area contributed by atoms with Gasteiger partial charge in [0.2, 0.25) is 11.8 Å². The molecule has 7 nitrogen and oxygen atoms in total. The van der Waals surface area contributed by atoms with E-state index in [4.69, 9.17) is 16.3 Å². The van der Waals surface area contributed by atoms with Crippen LogP contribution in [0.25, 0.3) is 0 Å². The topological polar surface area (TPSA) is 92.8 Å². The molecule has 0 radical (unpaired) electrons. The minimum Gasteiger partial charge on any atom is -0.452 e. The zero-order valence-corrected chi connectivity index (χ0v) is 19.4. The Hall–Kier alpha value is -3.40. The highest BCUT2D eigenvalue weighted by Crippen LogP contribution is 2.56. The van der Waals surface area contributed by atoms with Crippen LogP contribution in [-0.4, -0.2) is 30.3 Å². The summed E-state index contributed by atoms with van der Waals surface area (Å²) in [5, 5.41) is 2.08. The van der Waals surface area contributed by atoms with E-state index in [2.05, 4.69) is 5.32 Å². The molecule has 3 amide bonds. The molecule has 2 saturated carbocycles. The van der Waals surface area contributed by atoms with Gasteiger partial charge in [-0.25, -0.2) is 4.79 Å². The van der Waals surface area contributed by atoms with Gasteiger partial charge in [0.15, 0.2) is 6.61 Å². The summed E-state index contributed by atoms with van der Waals surface area (Å²) >= 11 is 5.85. The van der Waals surface area contributed by atoms with E-state index in [1.807, 2.05) is 0 Å². The van der Waals surface area contributed by atoms with Crippen LogP contribution in [0.2, 0.25) is 5.02 Å². The zero-order valence-electron chi connectivity index (χ0n) is 18.7. The van der Waals surface area contributed by atoms with E-state index in [0.717, 1.165) is 31.4 Å². The van der Waals surface area contributed by atoms with Crippen LogP contribution in [0.15, 0.2) is 42.5 Å². The highest BCUT2D eigenvalue weighted by molar-refractivity contribution is 6.33. The van der Waals surface area contributed by atoms with Gasteiger partial charge >= 0.3 is 12.1 Å². The molecule has 1 heterocycles. The molecule has 188 valence electrons. The number of rotatable bonds is 5. The lowest BCUT2D eigenvalue weighted by molar-refractivity contribution is -0.137. The fourth-order valence-corrected chi connectivity index (χ4v) is 5.77. The summed E-state index contributed by atoms with van der Waals surface area (Å²) in [5.74, 6) is -2.14. The third kappa shape index (κ3) is 4.23. The van der Waals surface area contributed by atoms with Gasteiger partial charge in [0.25, 0.3) is 5.91 Å². The summed E-state index contributed by atoms with van der Waals surface area (Å²) in [5.41, 5.74) is -0.823. The molecule has 0 aromatic heterocycles. The van der Waals surface area contributed by atoms with Crippen LogP contribution in [0.1, 0.15) is 35.2 Å². The van der Waals surface area contributed by atoms with Crippen molar-refractivity contribution in [1.29, 1.82) is 0 Å². The van der Waals surface area contributed by atoms with Crippen LogP contribution in [0, 0.1) is 23.7 Å². The summed E-state index contributed by atoms with van der Waals surface area (Å²) in [4.78, 5) is 51.5. The standard InChI is InChI=1S/C25H20ClF3N2O5/c26-17-8-5-15(25(27,28)29)10-18(17)30-19(32)11-36-24(35)12-3-6-16(7-4-12)31-22(33)20-13-1-2-14(9-13)21(20)23(31)34/h3-8,10,13-14,20-21H,1-2,9,11H2,(H,30,32)/t13-,14-,20-,21+/m0/s1. The number of nitrogens with one attached hydrogen (secondary N) is 1. The van der Waals surface area contributed by atoms with Crippen LogP contribution in [0.4, 0.5) is 24.5 Å². The maximum atomic E-state index is 12.9. The lowest BCUT2D eigenvalue weighted by atomic mass is 9.81. The van der Waals surface area contributed by atoms with Gasteiger partial charge in [-0.05, 0) is 73.6 Å². The van der Waals surface area contributed by atoms with Crippen LogP contribution < -0.4 is 10.2 Å². The molecule has 4 atom stereocenters. The molecular weight excluding hydrogens is 501 g/mol. The minimum atomic E-state index is -4.62. The van der Waals surface area contributed by atoms with E-state index in [-0.39, 0.29) is 51.8 Å². The number of imide groups is 1. The van der Waals surface area contributed by atoms with Gasteiger partial charge in [-0.3, -0.25) is 19.3 Å². The third-order valence-electron chi connectivity index (χ3n) is 7.19. The number of carbonyl (C=O) groups is 4. The van der Waals surface area contributed by atoms with Crippen molar-refractivity contribution in [2.75, 3.05) is 16.8 Å². The first-order valence-electron chi connectivity index (χ1n) is 11.4. The molecule has 0 unspecified atom stereocenters. The number of carbonyl (C=O) groups excluding carboxylic acids is 4. The van der Waals surface area contributed by atoms with Gasteiger partial charge in [-0.15, -0.1) is 0 Å². The molecule has 3 fully saturated rings. The van der Waals surface area contributed by atoms with Gasteiger partial charge in [-0.2, -0.15) is 13.2 Å². The number of hydrogen-bond donors (Lipinski definition) is 1. The smallest absolute Gasteiger partial charge is 0.416 e. The molecule has 2 aromatic carbocycles. The van der Waals surface area contributed by atoms with Crippen LogP contribution in [0.3, 0.4) is 0 Å². The Bertz CT molecular complexity index is 1240. The number of benzene rings is 2. The van der Waals surface area contributed by atoms with Gasteiger partial charge in [0.1, 0.15) is 0 Å². The van der Waals surface area contributed by atoms with Crippen molar-refractivity contribution in [2.24, 2.45) is 23.7 Å². The molecule has 1 aliphatic heterocycles. The maximum absolute atomic E-state index is 12.9. The average Bonchev–Trinajstić information content (AvgIpc) is 3.52. The normalized spacial score (nSPS) is 24.7. The zero-order chi connectivity index (χ0) is 25.8. The highest BCUT2D eigenvalue weighted by Gasteiger charge is 2.61. The summed E-state index contributed by atoms with van der Waals surface area (Å²) in [6.07, 6.45) is -1.75. The molecule has 3 aliphatic rings. The second-order valence-corrected chi connectivity index (χ2v) is 9.67. The monoisotopic (exact) mass is 520 g/mol. The van der Waals surface area contributed by atoms with Gasteiger partial charge in [0.05, 0.1) is 39.4 Å². The molecule has 11 heteroatoms.